The Bertz CT molecular complexity index is 1300. The summed E-state index contributed by atoms with van der Waals surface area (Å²) < 4.78 is 12.1. The van der Waals surface area contributed by atoms with Crippen LogP contribution in [0, 0.1) is 6.92 Å². The molecule has 2 heterocycles. The number of ether oxygens (including phenoxy) is 2. The molecule has 0 atom stereocenters. The molecule has 0 aromatic heterocycles. The molecule has 2 aliphatic rings. The number of aryl methyl sites for hydroxylation is 1. The zero-order chi connectivity index (χ0) is 22.9. The first-order valence-corrected chi connectivity index (χ1v) is 11.4. The number of halogens is 2. The molecule has 3 aromatic carbocycles. The molecule has 3 aromatic rings. The van der Waals surface area contributed by atoms with Crippen LogP contribution in [0.3, 0.4) is 0 Å². The summed E-state index contributed by atoms with van der Waals surface area (Å²) in [5.41, 5.74) is 4.33. The van der Waals surface area contributed by atoms with Gasteiger partial charge in [0, 0.05) is 23.1 Å². The Kier molecular flexibility index (Phi) is 5.98. The first-order valence-electron chi connectivity index (χ1n) is 10.6. The summed E-state index contributed by atoms with van der Waals surface area (Å²) in [7, 11) is 0. The second-order valence-electron chi connectivity index (χ2n) is 8.10. The summed E-state index contributed by atoms with van der Waals surface area (Å²) in [4.78, 5) is 15.2. The summed E-state index contributed by atoms with van der Waals surface area (Å²) in [6.07, 6.45) is 5.49. The molecule has 0 amide bonds. The van der Waals surface area contributed by atoms with Crippen LogP contribution in [0.2, 0.25) is 10.0 Å². The van der Waals surface area contributed by atoms with Gasteiger partial charge >= 0.3 is 0 Å². The molecule has 166 valence electrons. The number of allylic oxidation sites excluding steroid dienone is 3. The topological polar surface area (TPSA) is 38.8 Å². The summed E-state index contributed by atoms with van der Waals surface area (Å²) >= 11 is 12.4. The highest BCUT2D eigenvalue weighted by molar-refractivity contribution is 6.35. The third-order valence-electron chi connectivity index (χ3n) is 5.73. The van der Waals surface area contributed by atoms with Gasteiger partial charge in [0.2, 0.25) is 5.78 Å². The van der Waals surface area contributed by atoms with Gasteiger partial charge in [-0.05, 0) is 47.9 Å². The lowest BCUT2D eigenvalue weighted by Gasteiger charge is -2.30. The van der Waals surface area contributed by atoms with E-state index in [1.807, 2.05) is 67.6 Å². The standard InChI is InChI=1S/C27H21Cl2NO3/c1-17-12-24-21(15-30(16-32-24)14-19-10-11-20(28)13-22(19)29)27-25(17)26(31)23(33-27)9-5-8-18-6-3-2-4-7-18/h2-13H,14-16H2,1H3/b8-5+,23-9-. The van der Waals surface area contributed by atoms with Crippen molar-refractivity contribution in [3.63, 3.8) is 0 Å². The van der Waals surface area contributed by atoms with Crippen molar-refractivity contribution in [1.82, 2.24) is 4.90 Å². The molecule has 2 aliphatic heterocycles. The smallest absolute Gasteiger partial charge is 0.232 e. The van der Waals surface area contributed by atoms with Crippen LogP contribution in [0.15, 0.2) is 72.5 Å². The van der Waals surface area contributed by atoms with Crippen molar-refractivity contribution in [1.29, 1.82) is 0 Å². The van der Waals surface area contributed by atoms with Crippen LogP contribution in [0.4, 0.5) is 0 Å². The molecule has 6 heteroatoms. The molecule has 0 saturated carbocycles. The number of rotatable bonds is 4. The number of hydrogen-bond donors (Lipinski definition) is 0. The van der Waals surface area contributed by atoms with Gasteiger partial charge in [-0.3, -0.25) is 9.69 Å². The van der Waals surface area contributed by atoms with E-state index in [9.17, 15) is 4.79 Å². The van der Waals surface area contributed by atoms with Crippen LogP contribution in [-0.2, 0) is 13.1 Å². The second kappa shape index (κ2) is 9.06. The molecular formula is C27H21Cl2NO3. The van der Waals surface area contributed by atoms with Crippen molar-refractivity contribution in [3.8, 4) is 11.5 Å². The first-order chi connectivity index (χ1) is 16.0. The molecule has 4 nitrogen and oxygen atoms in total. The number of ketones is 1. The van der Waals surface area contributed by atoms with Gasteiger partial charge in [-0.1, -0.05) is 71.8 Å². The average molecular weight is 478 g/mol. The Balaban J connectivity index is 1.40. The number of carbonyl (C=O) groups excluding carboxylic acids is 1. The van der Waals surface area contributed by atoms with E-state index in [0.717, 1.165) is 28.0 Å². The Hall–Kier alpha value is -3.05. The van der Waals surface area contributed by atoms with E-state index in [-0.39, 0.29) is 5.78 Å². The molecule has 0 bridgehead atoms. The van der Waals surface area contributed by atoms with Crippen molar-refractivity contribution in [2.45, 2.75) is 20.0 Å². The quantitative estimate of drug-likeness (QED) is 0.386. The SMILES string of the molecule is Cc1cc2c(c3c1C(=O)/C(=C/C=C/c1ccccc1)O3)CN(Cc1ccc(Cl)cc1Cl)CO2. The number of nitrogens with zero attached hydrogens (tertiary/aromatic N) is 1. The molecule has 0 saturated heterocycles. The van der Waals surface area contributed by atoms with Crippen molar-refractivity contribution in [2.75, 3.05) is 6.73 Å². The highest BCUT2D eigenvalue weighted by atomic mass is 35.5. The van der Waals surface area contributed by atoms with E-state index in [0.29, 0.717) is 46.9 Å². The highest BCUT2D eigenvalue weighted by Gasteiger charge is 2.35. The van der Waals surface area contributed by atoms with Gasteiger partial charge in [-0.25, -0.2) is 0 Å². The Morgan fingerprint density at radius 2 is 1.91 bits per heavy atom. The van der Waals surface area contributed by atoms with Crippen LogP contribution >= 0.6 is 23.2 Å². The highest BCUT2D eigenvalue weighted by Crippen LogP contribution is 2.44. The van der Waals surface area contributed by atoms with Gasteiger partial charge < -0.3 is 9.47 Å². The molecule has 0 fully saturated rings. The van der Waals surface area contributed by atoms with Crippen molar-refractivity contribution in [3.05, 3.63) is 110 Å². The predicted octanol–water partition coefficient (Wildman–Crippen LogP) is 6.83. The summed E-state index contributed by atoms with van der Waals surface area (Å²) in [6.45, 7) is 3.50. The summed E-state index contributed by atoms with van der Waals surface area (Å²) in [6, 6.07) is 17.3. The predicted molar refractivity (Wildman–Crippen MR) is 131 cm³/mol. The van der Waals surface area contributed by atoms with E-state index in [1.54, 1.807) is 12.1 Å². The van der Waals surface area contributed by atoms with Crippen molar-refractivity contribution >= 4 is 35.1 Å². The van der Waals surface area contributed by atoms with Crippen LogP contribution in [0.1, 0.15) is 32.6 Å². The van der Waals surface area contributed by atoms with Crippen LogP contribution in [0.25, 0.3) is 6.08 Å². The second-order valence-corrected chi connectivity index (χ2v) is 8.95. The van der Waals surface area contributed by atoms with Gasteiger partial charge in [0.05, 0.1) is 11.1 Å². The number of hydrogen-bond acceptors (Lipinski definition) is 4. The molecule has 0 radical (unpaired) electrons. The average Bonchev–Trinajstić information content (AvgIpc) is 3.14. The minimum absolute atomic E-state index is 0.110. The molecular weight excluding hydrogens is 457 g/mol. The maximum absolute atomic E-state index is 13.1. The lowest BCUT2D eigenvalue weighted by Crippen LogP contribution is -2.32. The van der Waals surface area contributed by atoms with Crippen LogP contribution < -0.4 is 9.47 Å². The van der Waals surface area contributed by atoms with Crippen LogP contribution in [-0.4, -0.2) is 17.4 Å². The lowest BCUT2D eigenvalue weighted by molar-refractivity contribution is 0.0872. The van der Waals surface area contributed by atoms with Gasteiger partial charge in [-0.15, -0.1) is 0 Å². The molecule has 0 aliphatic carbocycles. The van der Waals surface area contributed by atoms with E-state index in [4.69, 9.17) is 32.7 Å². The summed E-state index contributed by atoms with van der Waals surface area (Å²) in [5, 5.41) is 1.22. The first kappa shape index (κ1) is 21.8. The maximum atomic E-state index is 13.1. The fourth-order valence-electron chi connectivity index (χ4n) is 4.09. The fourth-order valence-corrected chi connectivity index (χ4v) is 4.56. The van der Waals surface area contributed by atoms with E-state index >= 15 is 0 Å². The molecule has 5 rings (SSSR count). The zero-order valence-corrected chi connectivity index (χ0v) is 19.5. The Morgan fingerprint density at radius 3 is 2.70 bits per heavy atom. The van der Waals surface area contributed by atoms with E-state index in [1.165, 1.54) is 0 Å². The lowest BCUT2D eigenvalue weighted by atomic mass is 9.98. The van der Waals surface area contributed by atoms with E-state index < -0.39 is 0 Å². The van der Waals surface area contributed by atoms with Crippen molar-refractivity contribution in [2.24, 2.45) is 0 Å². The van der Waals surface area contributed by atoms with Crippen LogP contribution in [0.5, 0.6) is 11.5 Å². The Morgan fingerprint density at radius 1 is 1.09 bits per heavy atom. The largest absolute Gasteiger partial charge is 0.478 e. The fraction of sp³-hybridized carbons (Fsp3) is 0.148. The van der Waals surface area contributed by atoms with Gasteiger partial charge in [0.25, 0.3) is 0 Å². The van der Waals surface area contributed by atoms with Gasteiger partial charge in [-0.2, -0.15) is 0 Å². The number of carbonyl (C=O) groups is 1. The third-order valence-corrected chi connectivity index (χ3v) is 6.32. The van der Waals surface area contributed by atoms with Crippen molar-refractivity contribution < 1.29 is 14.3 Å². The summed E-state index contributed by atoms with van der Waals surface area (Å²) in [5.74, 6) is 1.53. The molecule has 0 N–H and O–H groups in total. The zero-order valence-electron chi connectivity index (χ0n) is 18.0. The molecule has 0 unspecified atom stereocenters. The van der Waals surface area contributed by atoms with Gasteiger partial charge in [0.1, 0.15) is 18.2 Å². The third kappa shape index (κ3) is 4.42. The van der Waals surface area contributed by atoms with Gasteiger partial charge in [0.15, 0.2) is 5.76 Å². The monoisotopic (exact) mass is 477 g/mol. The van der Waals surface area contributed by atoms with E-state index in [2.05, 4.69) is 4.90 Å². The number of fused-ring (bicyclic) bond motifs is 3. The maximum Gasteiger partial charge on any atom is 0.232 e. The number of benzene rings is 3. The minimum Gasteiger partial charge on any atom is -0.478 e. The molecule has 33 heavy (non-hydrogen) atoms. The normalized spacial score (nSPS) is 16.6. The molecule has 0 spiro atoms. The minimum atomic E-state index is -0.110. The Labute approximate surface area is 202 Å². The number of Topliss-reactive ketones (excluding diaryl/α,β-unsaturated/α-hetero) is 1.